The Morgan fingerprint density at radius 1 is 0.710 bits per heavy atom. The molecule has 0 unspecified atom stereocenters. The third kappa shape index (κ3) is 4.57. The van der Waals surface area contributed by atoms with E-state index < -0.39 is 0 Å². The molecule has 0 N–H and O–H groups in total. The zero-order valence-corrected chi connectivity index (χ0v) is 18.6. The van der Waals surface area contributed by atoms with Gasteiger partial charge in [0.1, 0.15) is 0 Å². The van der Waals surface area contributed by atoms with Crippen molar-refractivity contribution in [2.45, 2.75) is 32.1 Å². The van der Waals surface area contributed by atoms with Crippen LogP contribution < -0.4 is 4.90 Å². The fourth-order valence-corrected chi connectivity index (χ4v) is 5.65. The molecule has 3 aromatic carbocycles. The van der Waals surface area contributed by atoms with E-state index in [2.05, 4.69) is 95.9 Å². The number of anilines is 2. The predicted molar refractivity (Wildman–Crippen MR) is 133 cm³/mol. The number of aromatic nitrogens is 1. The maximum absolute atomic E-state index is 5.24. The van der Waals surface area contributed by atoms with E-state index in [1.807, 2.05) is 11.3 Å². The van der Waals surface area contributed by atoms with E-state index in [1.54, 1.807) is 0 Å². The molecule has 0 spiro atoms. The molecule has 1 saturated carbocycles. The molecule has 0 radical (unpaired) electrons. The average Bonchev–Trinajstić information content (AvgIpc) is 3.30. The lowest BCUT2D eigenvalue weighted by Crippen LogP contribution is -2.26. The summed E-state index contributed by atoms with van der Waals surface area (Å²) in [6.07, 6.45) is 6.75. The van der Waals surface area contributed by atoms with Crippen LogP contribution >= 0.6 is 11.3 Å². The number of benzene rings is 3. The highest BCUT2D eigenvalue weighted by Crippen LogP contribution is 2.42. The van der Waals surface area contributed by atoms with Crippen molar-refractivity contribution in [2.24, 2.45) is 5.92 Å². The van der Waals surface area contributed by atoms with Gasteiger partial charge in [0.25, 0.3) is 0 Å². The van der Waals surface area contributed by atoms with Crippen molar-refractivity contribution in [1.29, 1.82) is 0 Å². The maximum atomic E-state index is 5.24. The van der Waals surface area contributed by atoms with Crippen molar-refractivity contribution in [1.82, 2.24) is 4.98 Å². The number of thiazole rings is 1. The first kappa shape index (κ1) is 20.0. The van der Waals surface area contributed by atoms with Crippen LogP contribution in [0, 0.1) is 5.92 Å². The number of rotatable bonds is 6. The molecule has 156 valence electrons. The van der Waals surface area contributed by atoms with Gasteiger partial charge in [0.05, 0.1) is 10.6 Å². The van der Waals surface area contributed by atoms with Gasteiger partial charge in [0, 0.05) is 17.8 Å². The summed E-state index contributed by atoms with van der Waals surface area (Å²) >= 11 is 1.81. The predicted octanol–water partition coefficient (Wildman–Crippen LogP) is 8.20. The van der Waals surface area contributed by atoms with Crippen LogP contribution in [-0.4, -0.2) is 11.5 Å². The van der Waals surface area contributed by atoms with Crippen molar-refractivity contribution in [3.05, 3.63) is 91.0 Å². The number of para-hydroxylation sites is 1. The molecule has 1 heterocycles. The number of nitrogens with zero attached hydrogens (tertiary/aromatic N) is 2. The Kier molecular flexibility index (Phi) is 6.13. The molecule has 31 heavy (non-hydrogen) atoms. The monoisotopic (exact) mass is 424 g/mol. The first-order valence-electron chi connectivity index (χ1n) is 11.3. The second kappa shape index (κ2) is 9.49. The average molecular weight is 425 g/mol. The Morgan fingerprint density at radius 3 is 1.94 bits per heavy atom. The third-order valence-electron chi connectivity index (χ3n) is 6.16. The summed E-state index contributed by atoms with van der Waals surface area (Å²) in [5.41, 5.74) is 4.72. The molecular weight excluding hydrogens is 396 g/mol. The lowest BCUT2D eigenvalue weighted by molar-refractivity contribution is 0.365. The van der Waals surface area contributed by atoms with Gasteiger partial charge < -0.3 is 4.90 Å². The van der Waals surface area contributed by atoms with Crippen LogP contribution in [0.1, 0.15) is 32.1 Å². The molecule has 0 amide bonds. The van der Waals surface area contributed by atoms with Crippen LogP contribution in [0.3, 0.4) is 0 Å². The lowest BCUT2D eigenvalue weighted by Gasteiger charge is -2.29. The van der Waals surface area contributed by atoms with Crippen molar-refractivity contribution < 1.29 is 0 Å². The largest absolute Gasteiger partial charge is 0.318 e. The molecule has 3 heteroatoms. The summed E-state index contributed by atoms with van der Waals surface area (Å²) in [5, 5.41) is 1.09. The van der Waals surface area contributed by atoms with Gasteiger partial charge in [-0.1, -0.05) is 109 Å². The molecule has 1 fully saturated rings. The summed E-state index contributed by atoms with van der Waals surface area (Å²) in [5.74, 6) is 0.734. The molecule has 0 aliphatic heterocycles. The Morgan fingerprint density at radius 2 is 1.29 bits per heavy atom. The van der Waals surface area contributed by atoms with Gasteiger partial charge in [-0.05, 0) is 36.5 Å². The minimum absolute atomic E-state index is 0.734. The Balaban J connectivity index is 1.60. The molecule has 0 bridgehead atoms. The van der Waals surface area contributed by atoms with Crippen LogP contribution in [0.2, 0.25) is 0 Å². The van der Waals surface area contributed by atoms with E-state index in [0.29, 0.717) is 0 Å². The van der Waals surface area contributed by atoms with Gasteiger partial charge in [-0.3, -0.25) is 0 Å². The summed E-state index contributed by atoms with van der Waals surface area (Å²) in [6, 6.07) is 32.1. The van der Waals surface area contributed by atoms with E-state index in [4.69, 9.17) is 4.98 Å². The fraction of sp³-hybridized carbons (Fsp3) is 0.250. The highest BCUT2D eigenvalue weighted by molar-refractivity contribution is 7.19. The van der Waals surface area contributed by atoms with E-state index in [0.717, 1.165) is 23.3 Å². The maximum Gasteiger partial charge on any atom is 0.191 e. The van der Waals surface area contributed by atoms with Gasteiger partial charge >= 0.3 is 0 Å². The van der Waals surface area contributed by atoms with Crippen LogP contribution in [0.4, 0.5) is 10.8 Å². The molecular formula is C28H28N2S. The van der Waals surface area contributed by atoms with Crippen LogP contribution in [0.5, 0.6) is 0 Å². The van der Waals surface area contributed by atoms with Crippen molar-refractivity contribution in [3.63, 3.8) is 0 Å². The minimum atomic E-state index is 0.734. The summed E-state index contributed by atoms with van der Waals surface area (Å²) in [6.45, 7) is 1.04. The van der Waals surface area contributed by atoms with Gasteiger partial charge in [0.15, 0.2) is 5.13 Å². The Hall–Kier alpha value is -2.91. The number of hydrogen-bond acceptors (Lipinski definition) is 3. The summed E-state index contributed by atoms with van der Waals surface area (Å²) < 4.78 is 0. The highest BCUT2D eigenvalue weighted by atomic mass is 32.1. The summed E-state index contributed by atoms with van der Waals surface area (Å²) in [4.78, 5) is 8.94. The minimum Gasteiger partial charge on any atom is -0.318 e. The first-order chi connectivity index (χ1) is 15.4. The standard InChI is InChI=1S/C28H28N2S/c1-5-13-22(14-6-1)21-30(25-19-11-4-12-20-25)28-29-26(23-15-7-2-8-16-23)27(31-28)24-17-9-3-10-18-24/h2-4,7-12,15-20,22H,1,5-6,13-14,21H2. The molecule has 1 aromatic heterocycles. The smallest absolute Gasteiger partial charge is 0.191 e. The van der Waals surface area contributed by atoms with E-state index in [1.165, 1.54) is 53.8 Å². The second-order valence-corrected chi connectivity index (χ2v) is 9.33. The van der Waals surface area contributed by atoms with Crippen molar-refractivity contribution >= 4 is 22.2 Å². The normalized spacial score (nSPS) is 14.5. The molecule has 0 saturated heterocycles. The quantitative estimate of drug-likeness (QED) is 0.310. The van der Waals surface area contributed by atoms with Crippen LogP contribution in [0.25, 0.3) is 21.7 Å². The zero-order chi connectivity index (χ0) is 20.9. The SMILES string of the molecule is c1ccc(-c2nc(N(CC3CCCCC3)c3ccccc3)sc2-c2ccccc2)cc1. The second-order valence-electron chi connectivity index (χ2n) is 8.36. The third-order valence-corrected chi connectivity index (χ3v) is 7.29. The highest BCUT2D eigenvalue weighted by Gasteiger charge is 2.23. The van der Waals surface area contributed by atoms with Crippen LogP contribution in [0.15, 0.2) is 91.0 Å². The van der Waals surface area contributed by atoms with Gasteiger partial charge in [-0.25, -0.2) is 4.98 Å². The van der Waals surface area contributed by atoms with Gasteiger partial charge in [-0.15, -0.1) is 0 Å². The molecule has 1 aliphatic carbocycles. The van der Waals surface area contributed by atoms with Gasteiger partial charge in [0.2, 0.25) is 0 Å². The van der Waals surface area contributed by atoms with Gasteiger partial charge in [-0.2, -0.15) is 0 Å². The first-order valence-corrected chi connectivity index (χ1v) is 12.1. The topological polar surface area (TPSA) is 16.1 Å². The van der Waals surface area contributed by atoms with E-state index in [-0.39, 0.29) is 0 Å². The molecule has 0 atom stereocenters. The lowest BCUT2D eigenvalue weighted by atomic mass is 9.89. The molecule has 1 aliphatic rings. The van der Waals surface area contributed by atoms with Crippen LogP contribution in [-0.2, 0) is 0 Å². The fourth-order valence-electron chi connectivity index (χ4n) is 4.53. The molecule has 4 aromatic rings. The van der Waals surface area contributed by atoms with E-state index >= 15 is 0 Å². The van der Waals surface area contributed by atoms with E-state index in [9.17, 15) is 0 Å². The number of hydrogen-bond donors (Lipinski definition) is 0. The molecule has 5 rings (SSSR count). The van der Waals surface area contributed by atoms with Crippen molar-refractivity contribution in [2.75, 3.05) is 11.4 Å². The zero-order valence-electron chi connectivity index (χ0n) is 17.8. The Bertz CT molecular complexity index is 1030. The molecule has 2 nitrogen and oxygen atoms in total. The van der Waals surface area contributed by atoms with Crippen molar-refractivity contribution in [3.8, 4) is 21.7 Å². The Labute approximate surface area is 189 Å². The summed E-state index contributed by atoms with van der Waals surface area (Å²) in [7, 11) is 0.